The number of nitriles is 1. The van der Waals surface area contributed by atoms with Gasteiger partial charge in [0.05, 0.1) is 11.4 Å². The van der Waals surface area contributed by atoms with E-state index in [1.165, 1.54) is 6.07 Å². The maximum absolute atomic E-state index is 13.1. The second-order valence-corrected chi connectivity index (χ2v) is 5.19. The smallest absolute Gasteiger partial charge is 0.321 e. The average molecular weight is 335 g/mol. The van der Waals surface area contributed by atoms with Crippen molar-refractivity contribution in [1.82, 2.24) is 14.1 Å². The van der Waals surface area contributed by atoms with Gasteiger partial charge in [-0.3, -0.25) is 4.79 Å². The third kappa shape index (κ3) is 2.58. The lowest BCUT2D eigenvalue weighted by Crippen LogP contribution is -2.17. The highest BCUT2D eigenvalue weighted by Gasteiger charge is 2.27. The number of hydrogen-bond donors (Lipinski definition) is 0. The van der Waals surface area contributed by atoms with Crippen molar-refractivity contribution in [2.45, 2.75) is 13.1 Å². The highest BCUT2D eigenvalue weighted by molar-refractivity contribution is 6.29. The van der Waals surface area contributed by atoms with Crippen LogP contribution in [0.5, 0.6) is 0 Å². The zero-order valence-corrected chi connectivity index (χ0v) is 12.3. The third-order valence-corrected chi connectivity index (χ3v) is 3.65. The number of nitrogens with zero attached hydrogens (tertiary/aromatic N) is 4. The first-order valence-electron chi connectivity index (χ1n) is 6.55. The van der Waals surface area contributed by atoms with Gasteiger partial charge in [-0.2, -0.15) is 14.0 Å². The molecule has 0 aliphatic carbocycles. The van der Waals surface area contributed by atoms with Crippen LogP contribution in [-0.4, -0.2) is 14.1 Å². The number of fused-ring (bicyclic) bond motifs is 1. The molecule has 0 radical (unpaired) electrons. The van der Waals surface area contributed by atoms with Crippen LogP contribution in [-0.2, 0) is 6.54 Å². The molecular formula is C15H9ClF2N4O. The zero-order valence-electron chi connectivity index (χ0n) is 11.6. The van der Waals surface area contributed by atoms with Gasteiger partial charge < -0.3 is 4.57 Å². The van der Waals surface area contributed by atoms with Crippen molar-refractivity contribution in [1.29, 1.82) is 5.26 Å². The molecule has 0 unspecified atom stereocenters. The highest BCUT2D eigenvalue weighted by atomic mass is 35.5. The SMILES string of the molecule is N#Cc1c2n(Cc3ccc(Cl)nc3)cccc-2n(C(F)F)c1=O. The van der Waals surface area contributed by atoms with Crippen molar-refractivity contribution < 1.29 is 8.78 Å². The topological polar surface area (TPSA) is 63.6 Å². The van der Waals surface area contributed by atoms with Crippen LogP contribution in [0.4, 0.5) is 8.78 Å². The van der Waals surface area contributed by atoms with E-state index < -0.39 is 12.1 Å². The lowest BCUT2D eigenvalue weighted by molar-refractivity contribution is 0.0693. The summed E-state index contributed by atoms with van der Waals surface area (Å²) in [5.41, 5.74) is -0.344. The Morgan fingerprint density at radius 3 is 2.74 bits per heavy atom. The van der Waals surface area contributed by atoms with Crippen molar-refractivity contribution in [3.05, 3.63) is 63.3 Å². The first kappa shape index (κ1) is 15.2. The van der Waals surface area contributed by atoms with Crippen molar-refractivity contribution in [2.75, 3.05) is 0 Å². The van der Waals surface area contributed by atoms with Gasteiger partial charge in [-0.05, 0) is 23.8 Å². The first-order valence-corrected chi connectivity index (χ1v) is 6.92. The standard InChI is InChI=1S/C15H9ClF2N4O/c16-12-4-3-9(7-20-12)8-21-5-1-2-11-13(21)10(6-19)14(23)22(11)15(17)18/h1-5,7,15H,8H2. The molecule has 0 atom stereocenters. The van der Waals surface area contributed by atoms with E-state index in [-0.39, 0.29) is 23.5 Å². The molecule has 0 saturated carbocycles. The molecule has 0 bridgehead atoms. The lowest BCUT2D eigenvalue weighted by atomic mass is 10.2. The molecule has 8 heteroatoms. The summed E-state index contributed by atoms with van der Waals surface area (Å²) >= 11 is 5.73. The molecule has 0 aromatic carbocycles. The summed E-state index contributed by atoms with van der Waals surface area (Å²) in [6.45, 7) is -2.75. The Labute approximate surface area is 134 Å². The Morgan fingerprint density at radius 1 is 1.35 bits per heavy atom. The van der Waals surface area contributed by atoms with E-state index in [0.29, 0.717) is 9.72 Å². The normalized spacial score (nSPS) is 11.1. The van der Waals surface area contributed by atoms with Crippen molar-refractivity contribution in [2.24, 2.45) is 0 Å². The van der Waals surface area contributed by atoms with Gasteiger partial charge in [-0.1, -0.05) is 17.7 Å². The predicted molar refractivity (Wildman–Crippen MR) is 79.6 cm³/mol. The molecule has 23 heavy (non-hydrogen) atoms. The van der Waals surface area contributed by atoms with E-state index in [1.807, 2.05) is 0 Å². The summed E-state index contributed by atoms with van der Waals surface area (Å²) in [5.74, 6) is 0. The summed E-state index contributed by atoms with van der Waals surface area (Å²) in [5, 5.41) is 9.52. The van der Waals surface area contributed by atoms with E-state index in [1.54, 1.807) is 41.2 Å². The maximum Gasteiger partial charge on any atom is 0.321 e. The quantitative estimate of drug-likeness (QED) is 0.691. The molecule has 2 aliphatic heterocycles. The Hall–Kier alpha value is -2.72. The van der Waals surface area contributed by atoms with Crippen LogP contribution in [0.1, 0.15) is 17.7 Å². The van der Waals surface area contributed by atoms with Gasteiger partial charge in [0.15, 0.2) is 0 Å². The molecule has 3 heterocycles. The van der Waals surface area contributed by atoms with Crippen LogP contribution in [0.15, 0.2) is 41.5 Å². The van der Waals surface area contributed by atoms with Gasteiger partial charge >= 0.3 is 6.55 Å². The van der Waals surface area contributed by atoms with Gasteiger partial charge in [-0.25, -0.2) is 9.55 Å². The Kier molecular flexibility index (Phi) is 3.84. The van der Waals surface area contributed by atoms with E-state index in [2.05, 4.69) is 4.98 Å². The minimum atomic E-state index is -3.01. The molecule has 0 N–H and O–H groups in total. The Morgan fingerprint density at radius 2 is 2.13 bits per heavy atom. The number of alkyl halides is 2. The average Bonchev–Trinajstić information content (AvgIpc) is 2.82. The van der Waals surface area contributed by atoms with Crippen LogP contribution >= 0.6 is 11.6 Å². The van der Waals surface area contributed by atoms with Crippen LogP contribution in [0.3, 0.4) is 0 Å². The summed E-state index contributed by atoms with van der Waals surface area (Å²) in [7, 11) is 0. The van der Waals surface area contributed by atoms with Gasteiger partial charge in [-0.15, -0.1) is 0 Å². The minimum absolute atomic E-state index is 0.0194. The van der Waals surface area contributed by atoms with Crippen LogP contribution in [0.25, 0.3) is 11.4 Å². The largest absolute Gasteiger partial charge is 0.341 e. The molecule has 0 amide bonds. The van der Waals surface area contributed by atoms with Gasteiger partial charge in [0.25, 0.3) is 5.56 Å². The number of pyridine rings is 2. The van der Waals surface area contributed by atoms with Gasteiger partial charge in [0, 0.05) is 18.9 Å². The maximum atomic E-state index is 13.1. The molecule has 3 rings (SSSR count). The molecule has 116 valence electrons. The zero-order chi connectivity index (χ0) is 16.6. The molecular weight excluding hydrogens is 326 g/mol. The first-order chi connectivity index (χ1) is 11.0. The summed E-state index contributed by atoms with van der Waals surface area (Å²) in [6, 6.07) is 8.00. The second-order valence-electron chi connectivity index (χ2n) is 4.80. The highest BCUT2D eigenvalue weighted by Crippen LogP contribution is 2.28. The molecule has 0 spiro atoms. The molecule has 2 aliphatic rings. The molecule has 0 fully saturated rings. The fraction of sp³-hybridized carbons (Fsp3) is 0.133. The van der Waals surface area contributed by atoms with E-state index in [9.17, 15) is 18.8 Å². The monoisotopic (exact) mass is 334 g/mol. The van der Waals surface area contributed by atoms with Crippen LogP contribution < -0.4 is 5.56 Å². The molecule has 1 aromatic rings. The predicted octanol–water partition coefficient (Wildman–Crippen LogP) is 3.12. The second kappa shape index (κ2) is 5.82. The van der Waals surface area contributed by atoms with E-state index in [0.717, 1.165) is 5.56 Å². The fourth-order valence-corrected chi connectivity index (χ4v) is 2.57. The minimum Gasteiger partial charge on any atom is -0.341 e. The summed E-state index contributed by atoms with van der Waals surface area (Å²) in [4.78, 5) is 16.0. The summed E-state index contributed by atoms with van der Waals surface area (Å²) < 4.78 is 28.2. The lowest BCUT2D eigenvalue weighted by Gasteiger charge is -2.14. The molecule has 0 saturated heterocycles. The number of aromatic nitrogens is 3. The Bertz CT molecular complexity index is 924. The van der Waals surface area contributed by atoms with Crippen LogP contribution in [0.2, 0.25) is 5.15 Å². The van der Waals surface area contributed by atoms with Gasteiger partial charge in [0.2, 0.25) is 0 Å². The van der Waals surface area contributed by atoms with Crippen molar-refractivity contribution in [3.63, 3.8) is 0 Å². The molecule has 1 aromatic heterocycles. The Balaban J connectivity index is 2.17. The number of rotatable bonds is 3. The number of hydrogen-bond acceptors (Lipinski definition) is 3. The summed E-state index contributed by atoms with van der Waals surface area (Å²) in [6.07, 6.45) is 3.16. The van der Waals surface area contributed by atoms with Crippen molar-refractivity contribution in [3.8, 4) is 17.5 Å². The van der Waals surface area contributed by atoms with Crippen LogP contribution in [0, 0.1) is 11.3 Å². The fourth-order valence-electron chi connectivity index (χ4n) is 2.46. The van der Waals surface area contributed by atoms with Gasteiger partial charge in [0.1, 0.15) is 16.8 Å². The van der Waals surface area contributed by atoms with E-state index in [4.69, 9.17) is 11.6 Å². The van der Waals surface area contributed by atoms with E-state index >= 15 is 0 Å². The third-order valence-electron chi connectivity index (χ3n) is 3.43. The number of halogens is 3. The molecule has 5 nitrogen and oxygen atoms in total. The van der Waals surface area contributed by atoms with Crippen molar-refractivity contribution >= 4 is 11.6 Å².